The molecule has 0 unspecified atom stereocenters. The Morgan fingerprint density at radius 2 is 2.20 bits per heavy atom. The van der Waals surface area contributed by atoms with Gasteiger partial charge in [-0.3, -0.25) is 4.79 Å². The Morgan fingerprint density at radius 1 is 1.50 bits per heavy atom. The van der Waals surface area contributed by atoms with Crippen LogP contribution in [0.1, 0.15) is 16.8 Å². The van der Waals surface area contributed by atoms with E-state index in [-0.39, 0.29) is 5.56 Å². The molecule has 0 aromatic heterocycles. The zero-order valence-electron chi connectivity index (χ0n) is 11.2. The van der Waals surface area contributed by atoms with E-state index in [1.807, 2.05) is 6.26 Å². The Kier molecular flexibility index (Phi) is 6.67. The third-order valence-electron chi connectivity index (χ3n) is 2.62. The molecule has 5 nitrogen and oxygen atoms in total. The number of thioether (sulfide) groups is 1. The molecule has 0 heterocycles. The van der Waals surface area contributed by atoms with Crippen LogP contribution in [-0.4, -0.2) is 42.1 Å². The maximum Gasteiger partial charge on any atom is 0.326 e. The third kappa shape index (κ3) is 4.61. The number of carboxylic acids is 1. The third-order valence-corrected chi connectivity index (χ3v) is 3.50. The van der Waals surface area contributed by atoms with Gasteiger partial charge in [0.2, 0.25) is 0 Å². The van der Waals surface area contributed by atoms with Crippen LogP contribution in [0.4, 0.5) is 0 Å². The van der Waals surface area contributed by atoms with Crippen LogP contribution in [0.2, 0.25) is 5.02 Å². The van der Waals surface area contributed by atoms with E-state index < -0.39 is 17.9 Å². The maximum atomic E-state index is 12.1. The summed E-state index contributed by atoms with van der Waals surface area (Å²) in [6.07, 6.45) is 2.23. The summed E-state index contributed by atoms with van der Waals surface area (Å²) in [6.45, 7) is 0. The van der Waals surface area contributed by atoms with Crippen LogP contribution in [0, 0.1) is 0 Å². The summed E-state index contributed by atoms with van der Waals surface area (Å²) in [5.74, 6) is -0.587. The molecule has 0 saturated carbocycles. The number of carbonyl (C=O) groups excluding carboxylic acids is 1. The van der Waals surface area contributed by atoms with Crippen molar-refractivity contribution in [3.8, 4) is 5.75 Å². The zero-order valence-corrected chi connectivity index (χ0v) is 12.8. The van der Waals surface area contributed by atoms with Crippen LogP contribution in [0.25, 0.3) is 0 Å². The first-order chi connectivity index (χ1) is 9.49. The molecule has 0 saturated heterocycles. The van der Waals surface area contributed by atoms with Gasteiger partial charge in [-0.25, -0.2) is 4.79 Å². The van der Waals surface area contributed by atoms with Crippen molar-refractivity contribution in [3.63, 3.8) is 0 Å². The minimum Gasteiger partial charge on any atom is -0.496 e. The second kappa shape index (κ2) is 8.01. The second-order valence-electron chi connectivity index (χ2n) is 3.99. The fraction of sp³-hybridized carbons (Fsp3) is 0.385. The van der Waals surface area contributed by atoms with Gasteiger partial charge >= 0.3 is 5.97 Å². The van der Waals surface area contributed by atoms with Gasteiger partial charge in [0.1, 0.15) is 11.8 Å². The lowest BCUT2D eigenvalue weighted by Gasteiger charge is -2.15. The van der Waals surface area contributed by atoms with Crippen molar-refractivity contribution >= 4 is 35.2 Å². The number of carbonyl (C=O) groups is 2. The minimum absolute atomic E-state index is 0.218. The van der Waals surface area contributed by atoms with Crippen molar-refractivity contribution in [1.29, 1.82) is 0 Å². The minimum atomic E-state index is -1.06. The van der Waals surface area contributed by atoms with Gasteiger partial charge in [0, 0.05) is 5.02 Å². The van der Waals surface area contributed by atoms with E-state index in [4.69, 9.17) is 21.4 Å². The van der Waals surface area contributed by atoms with E-state index in [2.05, 4.69) is 5.32 Å². The maximum absolute atomic E-state index is 12.1. The molecule has 0 spiro atoms. The number of amides is 1. The molecular weight excluding hydrogens is 302 g/mol. The Hall–Kier alpha value is -1.40. The normalized spacial score (nSPS) is 11.8. The van der Waals surface area contributed by atoms with Gasteiger partial charge in [0.15, 0.2) is 0 Å². The predicted octanol–water partition coefficient (Wildman–Crippen LogP) is 2.28. The Bertz CT molecular complexity index is 495. The van der Waals surface area contributed by atoms with Crippen LogP contribution < -0.4 is 10.1 Å². The predicted molar refractivity (Wildman–Crippen MR) is 79.9 cm³/mol. The fourth-order valence-electron chi connectivity index (χ4n) is 1.59. The van der Waals surface area contributed by atoms with Crippen molar-refractivity contribution in [3.05, 3.63) is 28.8 Å². The number of methoxy groups -OCH3 is 1. The van der Waals surface area contributed by atoms with E-state index in [0.29, 0.717) is 22.9 Å². The monoisotopic (exact) mass is 317 g/mol. The summed E-state index contributed by atoms with van der Waals surface area (Å²) in [7, 11) is 1.43. The van der Waals surface area contributed by atoms with Gasteiger partial charge in [-0.05, 0) is 36.6 Å². The Morgan fingerprint density at radius 3 is 2.75 bits per heavy atom. The van der Waals surface area contributed by atoms with Crippen LogP contribution >= 0.6 is 23.4 Å². The molecule has 0 bridgehead atoms. The van der Waals surface area contributed by atoms with Crippen LogP contribution in [0.3, 0.4) is 0 Å². The summed E-state index contributed by atoms with van der Waals surface area (Å²) >= 11 is 7.37. The highest BCUT2D eigenvalue weighted by Gasteiger charge is 2.22. The van der Waals surface area contributed by atoms with Gasteiger partial charge in [0.25, 0.3) is 5.91 Å². The van der Waals surface area contributed by atoms with Gasteiger partial charge in [-0.2, -0.15) is 11.8 Å². The lowest BCUT2D eigenvalue weighted by molar-refractivity contribution is -0.139. The number of hydrogen-bond donors (Lipinski definition) is 2. The molecule has 1 aromatic carbocycles. The van der Waals surface area contributed by atoms with Crippen molar-refractivity contribution in [2.45, 2.75) is 12.5 Å². The largest absolute Gasteiger partial charge is 0.496 e. The van der Waals surface area contributed by atoms with Crippen molar-refractivity contribution < 1.29 is 19.4 Å². The van der Waals surface area contributed by atoms with Crippen molar-refractivity contribution in [2.75, 3.05) is 19.1 Å². The number of halogens is 1. The summed E-state index contributed by atoms with van der Waals surface area (Å²) < 4.78 is 5.07. The first-order valence-electron chi connectivity index (χ1n) is 5.85. The quantitative estimate of drug-likeness (QED) is 0.807. The lowest BCUT2D eigenvalue weighted by Crippen LogP contribution is -2.41. The first kappa shape index (κ1) is 16.7. The molecule has 0 radical (unpaired) electrons. The summed E-state index contributed by atoms with van der Waals surface area (Å²) in [6, 6.07) is 3.68. The highest BCUT2D eigenvalue weighted by Crippen LogP contribution is 2.22. The van der Waals surface area contributed by atoms with Gasteiger partial charge < -0.3 is 15.2 Å². The molecule has 2 N–H and O–H groups in total. The number of nitrogens with one attached hydrogen (secondary N) is 1. The second-order valence-corrected chi connectivity index (χ2v) is 5.41. The summed E-state index contributed by atoms with van der Waals surface area (Å²) in [5.41, 5.74) is 0.218. The first-order valence-corrected chi connectivity index (χ1v) is 7.63. The number of aliphatic carboxylic acids is 1. The SMILES string of the molecule is COc1ccc(Cl)cc1C(=O)N[C@H](CCSC)C(=O)O. The van der Waals surface area contributed by atoms with Gasteiger partial charge in [-0.15, -0.1) is 0 Å². The van der Waals surface area contributed by atoms with Crippen LogP contribution in [0.15, 0.2) is 18.2 Å². The summed E-state index contributed by atoms with van der Waals surface area (Å²) in [4.78, 5) is 23.2. The number of benzene rings is 1. The number of hydrogen-bond acceptors (Lipinski definition) is 4. The van der Waals surface area contributed by atoms with Crippen LogP contribution in [-0.2, 0) is 4.79 Å². The average Bonchev–Trinajstić information content (AvgIpc) is 2.42. The molecule has 7 heteroatoms. The van der Waals surface area contributed by atoms with E-state index in [0.717, 1.165) is 0 Å². The lowest BCUT2D eigenvalue weighted by atomic mass is 10.1. The van der Waals surface area contributed by atoms with E-state index in [9.17, 15) is 9.59 Å². The number of carboxylic acid groups (broad SMARTS) is 1. The Balaban J connectivity index is 2.88. The van der Waals surface area contributed by atoms with Crippen molar-refractivity contribution in [1.82, 2.24) is 5.32 Å². The van der Waals surface area contributed by atoms with Crippen molar-refractivity contribution in [2.24, 2.45) is 0 Å². The standard InChI is InChI=1S/C13H16ClNO4S/c1-19-11-4-3-8(14)7-9(11)12(16)15-10(13(17)18)5-6-20-2/h3-4,7,10H,5-6H2,1-2H3,(H,15,16)(H,17,18)/t10-/m1/s1. The van der Waals surface area contributed by atoms with Crippen LogP contribution in [0.5, 0.6) is 5.75 Å². The number of ether oxygens (including phenoxy) is 1. The molecule has 110 valence electrons. The fourth-order valence-corrected chi connectivity index (χ4v) is 2.23. The van der Waals surface area contributed by atoms with E-state index in [1.54, 1.807) is 12.1 Å². The molecule has 0 aliphatic carbocycles. The summed E-state index contributed by atoms with van der Waals surface area (Å²) in [5, 5.41) is 12.0. The Labute approximate surface area is 126 Å². The van der Waals surface area contributed by atoms with E-state index in [1.165, 1.54) is 24.9 Å². The average molecular weight is 318 g/mol. The molecule has 0 aliphatic rings. The molecule has 20 heavy (non-hydrogen) atoms. The highest BCUT2D eigenvalue weighted by molar-refractivity contribution is 7.98. The number of rotatable bonds is 7. The molecular formula is C13H16ClNO4S. The molecule has 1 atom stereocenters. The van der Waals surface area contributed by atoms with E-state index >= 15 is 0 Å². The van der Waals surface area contributed by atoms with Gasteiger partial charge in [-0.1, -0.05) is 11.6 Å². The topological polar surface area (TPSA) is 75.6 Å². The molecule has 0 fully saturated rings. The smallest absolute Gasteiger partial charge is 0.326 e. The van der Waals surface area contributed by atoms with Gasteiger partial charge in [0.05, 0.1) is 12.7 Å². The molecule has 1 amide bonds. The molecule has 0 aliphatic heterocycles. The highest BCUT2D eigenvalue weighted by atomic mass is 35.5. The molecule has 1 aromatic rings. The zero-order chi connectivity index (χ0) is 15.1. The molecule has 1 rings (SSSR count).